The number of carbonyl (C=O) groups excluding carboxylic acids is 1. The Balaban J connectivity index is 1.33. The summed E-state index contributed by atoms with van der Waals surface area (Å²) in [5, 5.41) is 6.01. The van der Waals surface area contributed by atoms with Gasteiger partial charge in [-0.05, 0) is 43.2 Å². The Kier molecular flexibility index (Phi) is 8.37. The lowest BCUT2D eigenvalue weighted by atomic mass is 10.1. The molecule has 2 saturated heterocycles. The van der Waals surface area contributed by atoms with Gasteiger partial charge in [0.1, 0.15) is 11.6 Å². The molecule has 2 aliphatic rings. The van der Waals surface area contributed by atoms with Gasteiger partial charge in [0.05, 0.1) is 48.7 Å². The number of anilines is 1. The van der Waals surface area contributed by atoms with Crippen molar-refractivity contribution in [2.24, 2.45) is 5.92 Å². The number of hydrogen-bond acceptors (Lipinski definition) is 8. The molecule has 1 aromatic carbocycles. The van der Waals surface area contributed by atoms with Crippen LogP contribution in [-0.2, 0) is 25.4 Å². The molecule has 200 valence electrons. The average Bonchev–Trinajstić information content (AvgIpc) is 3.62. The number of amides is 1. The molecule has 2 fully saturated rings. The zero-order valence-electron chi connectivity index (χ0n) is 21.0. The molecule has 5 rings (SSSR count). The Hall–Kier alpha value is -3.67. The second-order valence-electron chi connectivity index (χ2n) is 9.23. The summed E-state index contributed by atoms with van der Waals surface area (Å²) >= 11 is 0. The molecule has 2 aromatic heterocycles. The van der Waals surface area contributed by atoms with Crippen molar-refractivity contribution >= 4 is 11.9 Å². The molecule has 0 radical (unpaired) electrons. The highest BCUT2D eigenvalue weighted by Crippen LogP contribution is 2.30. The molecule has 4 heterocycles. The lowest BCUT2D eigenvalue weighted by Gasteiger charge is -2.28. The summed E-state index contributed by atoms with van der Waals surface area (Å²) in [5.41, 5.74) is 2.67. The van der Waals surface area contributed by atoms with Crippen molar-refractivity contribution in [2.75, 3.05) is 38.2 Å². The van der Waals surface area contributed by atoms with E-state index in [9.17, 15) is 9.18 Å². The largest absolute Gasteiger partial charge is 0.376 e. The molecule has 1 amide bonds. The van der Waals surface area contributed by atoms with E-state index < -0.39 is 6.29 Å². The molecule has 10 nitrogen and oxygen atoms in total. The average molecular weight is 523 g/mol. The highest BCUT2D eigenvalue weighted by molar-refractivity contribution is 5.79. The fraction of sp³-hybridized carbons (Fsp3) is 0.407. The lowest BCUT2D eigenvalue weighted by molar-refractivity contribution is -0.200. The fourth-order valence-electron chi connectivity index (χ4n) is 4.40. The van der Waals surface area contributed by atoms with Gasteiger partial charge >= 0.3 is 0 Å². The third-order valence-electron chi connectivity index (χ3n) is 6.41. The van der Waals surface area contributed by atoms with Crippen LogP contribution in [0.1, 0.15) is 18.7 Å². The summed E-state index contributed by atoms with van der Waals surface area (Å²) in [6.45, 7) is 5.91. The molecule has 1 atom stereocenters. The topological polar surface area (TPSA) is 123 Å². The van der Waals surface area contributed by atoms with E-state index in [-0.39, 0.29) is 37.0 Å². The number of aromatic nitrogens is 4. The summed E-state index contributed by atoms with van der Waals surface area (Å²) in [7, 11) is 0. The van der Waals surface area contributed by atoms with Crippen LogP contribution in [-0.4, -0.2) is 71.1 Å². The molecule has 0 aliphatic carbocycles. The number of nitrogens with one attached hydrogen (secondary N) is 3. The predicted molar refractivity (Wildman–Crippen MR) is 139 cm³/mol. The van der Waals surface area contributed by atoms with Crippen molar-refractivity contribution in [2.45, 2.75) is 31.7 Å². The van der Waals surface area contributed by atoms with E-state index in [2.05, 4.69) is 32.2 Å². The first-order chi connectivity index (χ1) is 18.6. The number of nitrogens with zero attached hydrogens (tertiary/aromatic N) is 3. The minimum Gasteiger partial charge on any atom is -0.376 e. The van der Waals surface area contributed by atoms with Gasteiger partial charge in [-0.3, -0.25) is 4.79 Å². The van der Waals surface area contributed by atoms with Gasteiger partial charge in [0, 0.05) is 31.5 Å². The second kappa shape index (κ2) is 12.2. The molecule has 11 heteroatoms. The van der Waals surface area contributed by atoms with E-state index in [0.717, 1.165) is 25.0 Å². The number of benzene rings is 1. The highest BCUT2D eigenvalue weighted by Gasteiger charge is 2.28. The van der Waals surface area contributed by atoms with Crippen LogP contribution < -0.4 is 10.6 Å². The molecular weight excluding hydrogens is 491 g/mol. The molecule has 3 N–H and O–H groups in total. The minimum absolute atomic E-state index is 0.130. The van der Waals surface area contributed by atoms with E-state index in [1.165, 1.54) is 12.1 Å². The summed E-state index contributed by atoms with van der Waals surface area (Å²) in [4.78, 5) is 29.3. The minimum atomic E-state index is -0.562. The van der Waals surface area contributed by atoms with E-state index in [4.69, 9.17) is 19.2 Å². The van der Waals surface area contributed by atoms with Crippen LogP contribution in [0.2, 0.25) is 0 Å². The number of halogens is 1. The fourth-order valence-corrected chi connectivity index (χ4v) is 4.40. The zero-order valence-corrected chi connectivity index (χ0v) is 21.0. The molecule has 2 aliphatic heterocycles. The number of hydrogen-bond donors (Lipinski definition) is 3. The molecule has 3 aromatic rings. The Morgan fingerprint density at radius 3 is 2.71 bits per heavy atom. The Labute approximate surface area is 220 Å². The number of imidazole rings is 1. The normalized spacial score (nSPS) is 21.2. The number of carbonyl (C=O) groups is 1. The second-order valence-corrected chi connectivity index (χ2v) is 9.23. The highest BCUT2D eigenvalue weighted by atomic mass is 19.1. The van der Waals surface area contributed by atoms with Crippen LogP contribution in [0.3, 0.4) is 0 Å². The molecule has 0 bridgehead atoms. The smallest absolute Gasteiger partial charge is 0.228 e. The maximum atomic E-state index is 13.6. The Morgan fingerprint density at radius 2 is 1.97 bits per heavy atom. The van der Waals surface area contributed by atoms with Crippen molar-refractivity contribution in [3.63, 3.8) is 0 Å². The van der Waals surface area contributed by atoms with Gasteiger partial charge in [0.15, 0.2) is 6.29 Å². The molecule has 1 unspecified atom stereocenters. The van der Waals surface area contributed by atoms with Gasteiger partial charge in [0.25, 0.3) is 0 Å². The van der Waals surface area contributed by atoms with Crippen molar-refractivity contribution in [1.29, 1.82) is 0 Å². The summed E-state index contributed by atoms with van der Waals surface area (Å²) < 4.78 is 30.9. The number of ether oxygens (including phenoxy) is 3. The standard InChI is InChI=1S/C27H31FN6O4/c1-2-10-29-26(35)18-15-37-23(38-16-18)13-22-33-24(17-5-7-19(28)8-6-17)25(34-22)21-9-11-30-27(32-21)31-14-20-4-3-12-36-20/h2,5-9,11,18,20,23H,1,3-4,10,12-16H2,(H,29,35)(H,33,34)(H,30,31,32). The first-order valence-corrected chi connectivity index (χ1v) is 12.7. The van der Waals surface area contributed by atoms with E-state index >= 15 is 0 Å². The quantitative estimate of drug-likeness (QED) is 0.347. The molecular formula is C27H31FN6O4. The zero-order chi connectivity index (χ0) is 26.3. The van der Waals surface area contributed by atoms with Crippen LogP contribution in [0.25, 0.3) is 22.6 Å². The van der Waals surface area contributed by atoms with E-state index in [1.54, 1.807) is 30.5 Å². The van der Waals surface area contributed by atoms with Crippen LogP contribution in [0.4, 0.5) is 10.3 Å². The van der Waals surface area contributed by atoms with Crippen LogP contribution >= 0.6 is 0 Å². The molecule has 0 saturated carbocycles. The third kappa shape index (κ3) is 6.42. The number of aromatic amines is 1. The van der Waals surface area contributed by atoms with Crippen molar-refractivity contribution in [3.8, 4) is 22.6 Å². The van der Waals surface area contributed by atoms with Crippen LogP contribution in [0.5, 0.6) is 0 Å². The maximum Gasteiger partial charge on any atom is 0.228 e. The third-order valence-corrected chi connectivity index (χ3v) is 6.41. The summed E-state index contributed by atoms with van der Waals surface area (Å²) in [5.74, 6) is 0.263. The van der Waals surface area contributed by atoms with Crippen LogP contribution in [0.15, 0.2) is 49.2 Å². The van der Waals surface area contributed by atoms with Crippen molar-refractivity contribution < 1.29 is 23.4 Å². The van der Waals surface area contributed by atoms with Crippen molar-refractivity contribution in [3.05, 3.63) is 60.8 Å². The summed E-state index contributed by atoms with van der Waals surface area (Å²) in [6.07, 6.45) is 5.30. The van der Waals surface area contributed by atoms with E-state index in [1.807, 2.05) is 0 Å². The SMILES string of the molecule is C=CCNC(=O)C1COC(Cc2nc(-c3ccc(F)cc3)c(-c3ccnc(NCC4CCCO4)n3)[nH]2)OC1. The summed E-state index contributed by atoms with van der Waals surface area (Å²) in [6, 6.07) is 7.94. The molecule has 0 spiro atoms. The van der Waals surface area contributed by atoms with Crippen LogP contribution in [0, 0.1) is 11.7 Å². The van der Waals surface area contributed by atoms with Gasteiger partial charge in [-0.2, -0.15) is 0 Å². The molecule has 38 heavy (non-hydrogen) atoms. The van der Waals surface area contributed by atoms with Gasteiger partial charge in [-0.25, -0.2) is 19.3 Å². The maximum absolute atomic E-state index is 13.6. The Bertz CT molecular complexity index is 1240. The first-order valence-electron chi connectivity index (χ1n) is 12.7. The van der Waals surface area contributed by atoms with Crippen molar-refractivity contribution in [1.82, 2.24) is 25.3 Å². The number of H-pyrrole nitrogens is 1. The van der Waals surface area contributed by atoms with Gasteiger partial charge in [-0.15, -0.1) is 6.58 Å². The van der Waals surface area contributed by atoms with Gasteiger partial charge in [-0.1, -0.05) is 6.08 Å². The van der Waals surface area contributed by atoms with E-state index in [0.29, 0.717) is 48.4 Å². The Morgan fingerprint density at radius 1 is 1.16 bits per heavy atom. The lowest BCUT2D eigenvalue weighted by Crippen LogP contribution is -2.42. The number of rotatable bonds is 10. The first kappa shape index (κ1) is 26.0. The van der Waals surface area contributed by atoms with Gasteiger partial charge in [0.2, 0.25) is 11.9 Å². The monoisotopic (exact) mass is 522 g/mol. The van der Waals surface area contributed by atoms with Gasteiger partial charge < -0.3 is 29.8 Å². The predicted octanol–water partition coefficient (Wildman–Crippen LogP) is 3.10.